The van der Waals surface area contributed by atoms with E-state index in [4.69, 9.17) is 0 Å². The molecule has 1 aliphatic rings. The number of nitrogens with one attached hydrogen (secondary N) is 2. The van der Waals surface area contributed by atoms with Crippen LogP contribution in [0.4, 0.5) is 10.6 Å². The van der Waals surface area contributed by atoms with Crippen LogP contribution in [-0.2, 0) is 0 Å². The van der Waals surface area contributed by atoms with Crippen molar-refractivity contribution in [2.75, 3.05) is 5.32 Å². The number of hydrogen-bond acceptors (Lipinski definition) is 2. The van der Waals surface area contributed by atoms with Gasteiger partial charge in [-0.15, -0.1) is 0 Å². The van der Waals surface area contributed by atoms with E-state index in [1.54, 1.807) is 12.3 Å². The second kappa shape index (κ2) is 6.23. The number of nitrogens with zero attached hydrogens (tertiary/aromatic N) is 1. The van der Waals surface area contributed by atoms with Crippen LogP contribution in [0.1, 0.15) is 38.5 Å². The molecular weight excluding hydrogens is 214 g/mol. The lowest BCUT2D eigenvalue weighted by Crippen LogP contribution is -2.37. The summed E-state index contributed by atoms with van der Waals surface area (Å²) >= 11 is 0. The molecule has 1 fully saturated rings. The van der Waals surface area contributed by atoms with Gasteiger partial charge in [-0.25, -0.2) is 9.78 Å². The van der Waals surface area contributed by atoms with Crippen LogP contribution in [0.15, 0.2) is 24.4 Å². The van der Waals surface area contributed by atoms with E-state index in [2.05, 4.69) is 15.6 Å². The Hall–Kier alpha value is -1.58. The van der Waals surface area contributed by atoms with Gasteiger partial charge in [0, 0.05) is 12.2 Å². The molecular formula is C13H19N3O. The molecule has 1 saturated carbocycles. The van der Waals surface area contributed by atoms with Crippen LogP contribution in [0.2, 0.25) is 0 Å². The van der Waals surface area contributed by atoms with Crippen LogP contribution in [0, 0.1) is 0 Å². The van der Waals surface area contributed by atoms with Gasteiger partial charge in [0.1, 0.15) is 5.82 Å². The van der Waals surface area contributed by atoms with Gasteiger partial charge in [0.25, 0.3) is 0 Å². The Kier molecular flexibility index (Phi) is 4.36. The highest BCUT2D eigenvalue weighted by Crippen LogP contribution is 2.17. The summed E-state index contributed by atoms with van der Waals surface area (Å²) in [5.41, 5.74) is 0. The number of amides is 2. The van der Waals surface area contributed by atoms with Crippen molar-refractivity contribution < 1.29 is 4.79 Å². The van der Waals surface area contributed by atoms with E-state index in [-0.39, 0.29) is 6.03 Å². The standard InChI is InChI=1S/C13H19N3O/c17-13(16-12-9-5-6-10-14-12)15-11-7-3-1-2-4-8-11/h5-6,9-11H,1-4,7-8H2,(H2,14,15,16,17). The second-order valence-electron chi connectivity index (χ2n) is 4.50. The fraction of sp³-hybridized carbons (Fsp3) is 0.538. The minimum atomic E-state index is -0.143. The third kappa shape index (κ3) is 4.06. The first-order valence-electron chi connectivity index (χ1n) is 6.33. The zero-order valence-electron chi connectivity index (χ0n) is 9.98. The number of pyridine rings is 1. The monoisotopic (exact) mass is 233 g/mol. The lowest BCUT2D eigenvalue weighted by molar-refractivity contribution is 0.247. The molecule has 0 spiro atoms. The predicted molar refractivity (Wildman–Crippen MR) is 67.9 cm³/mol. The number of aromatic nitrogens is 1. The topological polar surface area (TPSA) is 54.0 Å². The third-order valence-corrected chi connectivity index (χ3v) is 3.10. The van der Waals surface area contributed by atoms with Crippen molar-refractivity contribution in [1.82, 2.24) is 10.3 Å². The van der Waals surface area contributed by atoms with Crippen molar-refractivity contribution in [3.63, 3.8) is 0 Å². The van der Waals surface area contributed by atoms with Crippen molar-refractivity contribution in [2.45, 2.75) is 44.6 Å². The van der Waals surface area contributed by atoms with E-state index >= 15 is 0 Å². The molecule has 2 rings (SSSR count). The van der Waals surface area contributed by atoms with Gasteiger partial charge < -0.3 is 5.32 Å². The van der Waals surface area contributed by atoms with Gasteiger partial charge in [0.2, 0.25) is 0 Å². The molecule has 1 aromatic rings. The number of carbonyl (C=O) groups is 1. The Morgan fingerprint density at radius 2 is 1.94 bits per heavy atom. The molecule has 0 atom stereocenters. The van der Waals surface area contributed by atoms with E-state index < -0.39 is 0 Å². The van der Waals surface area contributed by atoms with Crippen molar-refractivity contribution in [2.24, 2.45) is 0 Å². The average molecular weight is 233 g/mol. The molecule has 0 bridgehead atoms. The minimum absolute atomic E-state index is 0.143. The van der Waals surface area contributed by atoms with Crippen LogP contribution >= 0.6 is 0 Å². The average Bonchev–Trinajstić information content (AvgIpc) is 2.59. The van der Waals surface area contributed by atoms with Gasteiger partial charge in [-0.1, -0.05) is 31.7 Å². The molecule has 4 heteroatoms. The van der Waals surface area contributed by atoms with Crippen molar-refractivity contribution in [1.29, 1.82) is 0 Å². The van der Waals surface area contributed by atoms with Crippen molar-refractivity contribution >= 4 is 11.8 Å². The third-order valence-electron chi connectivity index (χ3n) is 3.10. The number of hydrogen-bond donors (Lipinski definition) is 2. The summed E-state index contributed by atoms with van der Waals surface area (Å²) in [6.45, 7) is 0. The Labute approximate surface area is 102 Å². The summed E-state index contributed by atoms with van der Waals surface area (Å²) in [6, 6.07) is 5.65. The molecule has 0 aliphatic heterocycles. The maximum atomic E-state index is 11.7. The number of carbonyl (C=O) groups excluding carboxylic acids is 1. The molecule has 4 nitrogen and oxygen atoms in total. The highest BCUT2D eigenvalue weighted by molar-refractivity contribution is 5.88. The van der Waals surface area contributed by atoms with E-state index in [0.29, 0.717) is 11.9 Å². The summed E-state index contributed by atoms with van der Waals surface area (Å²) in [7, 11) is 0. The fourth-order valence-corrected chi connectivity index (χ4v) is 2.20. The maximum absolute atomic E-state index is 11.7. The summed E-state index contributed by atoms with van der Waals surface area (Å²) in [5, 5.41) is 5.77. The Morgan fingerprint density at radius 1 is 1.18 bits per heavy atom. The van der Waals surface area contributed by atoms with Gasteiger partial charge in [-0.2, -0.15) is 0 Å². The first-order chi connectivity index (χ1) is 8.34. The molecule has 0 radical (unpaired) electrons. The van der Waals surface area contributed by atoms with Crippen LogP contribution in [0.25, 0.3) is 0 Å². The normalized spacial score (nSPS) is 17.2. The summed E-state index contributed by atoms with van der Waals surface area (Å²) in [6.07, 6.45) is 8.87. The van der Waals surface area contributed by atoms with Gasteiger partial charge >= 0.3 is 6.03 Å². The Morgan fingerprint density at radius 3 is 2.59 bits per heavy atom. The predicted octanol–water partition coefficient (Wildman–Crippen LogP) is 2.93. The quantitative estimate of drug-likeness (QED) is 0.772. The van der Waals surface area contributed by atoms with Gasteiger partial charge in [-0.3, -0.25) is 5.32 Å². The van der Waals surface area contributed by atoms with Crippen LogP contribution < -0.4 is 10.6 Å². The van der Waals surface area contributed by atoms with Crippen LogP contribution in [0.5, 0.6) is 0 Å². The zero-order valence-corrected chi connectivity index (χ0v) is 9.98. The Bertz CT molecular complexity index is 345. The van der Waals surface area contributed by atoms with E-state index in [0.717, 1.165) is 12.8 Å². The zero-order chi connectivity index (χ0) is 11.9. The van der Waals surface area contributed by atoms with Gasteiger partial charge in [0.05, 0.1) is 0 Å². The summed E-state index contributed by atoms with van der Waals surface area (Å²) in [5.74, 6) is 0.596. The molecule has 1 aromatic heterocycles. The lowest BCUT2D eigenvalue weighted by atomic mass is 10.1. The minimum Gasteiger partial charge on any atom is -0.335 e. The molecule has 17 heavy (non-hydrogen) atoms. The van der Waals surface area contributed by atoms with E-state index in [1.165, 1.54) is 25.7 Å². The van der Waals surface area contributed by atoms with Gasteiger partial charge in [-0.05, 0) is 25.0 Å². The maximum Gasteiger partial charge on any atom is 0.320 e. The first kappa shape index (κ1) is 11.9. The van der Waals surface area contributed by atoms with Crippen molar-refractivity contribution in [3.05, 3.63) is 24.4 Å². The molecule has 2 amide bonds. The molecule has 0 saturated heterocycles. The molecule has 0 aromatic carbocycles. The highest BCUT2D eigenvalue weighted by Gasteiger charge is 2.14. The number of rotatable bonds is 2. The largest absolute Gasteiger partial charge is 0.335 e. The smallest absolute Gasteiger partial charge is 0.320 e. The molecule has 1 heterocycles. The molecule has 0 unspecified atom stereocenters. The van der Waals surface area contributed by atoms with E-state index in [1.807, 2.05) is 12.1 Å². The molecule has 2 N–H and O–H groups in total. The molecule has 92 valence electrons. The second-order valence-corrected chi connectivity index (χ2v) is 4.50. The Balaban J connectivity index is 1.80. The number of urea groups is 1. The fourth-order valence-electron chi connectivity index (χ4n) is 2.20. The first-order valence-corrected chi connectivity index (χ1v) is 6.33. The number of anilines is 1. The van der Waals surface area contributed by atoms with Gasteiger partial charge in [0.15, 0.2) is 0 Å². The highest BCUT2D eigenvalue weighted by atomic mass is 16.2. The van der Waals surface area contributed by atoms with E-state index in [9.17, 15) is 4.79 Å². The lowest BCUT2D eigenvalue weighted by Gasteiger charge is -2.16. The van der Waals surface area contributed by atoms with Crippen LogP contribution in [0.3, 0.4) is 0 Å². The van der Waals surface area contributed by atoms with Crippen LogP contribution in [-0.4, -0.2) is 17.1 Å². The SMILES string of the molecule is O=C(Nc1ccccn1)NC1CCCCCC1. The summed E-state index contributed by atoms with van der Waals surface area (Å²) < 4.78 is 0. The van der Waals surface area contributed by atoms with Crippen molar-refractivity contribution in [3.8, 4) is 0 Å². The summed E-state index contributed by atoms with van der Waals surface area (Å²) in [4.78, 5) is 15.8. The molecule has 1 aliphatic carbocycles.